The molecule has 0 bridgehead atoms. The van der Waals surface area contributed by atoms with Gasteiger partial charge in [-0.1, -0.05) is 23.9 Å². The normalized spacial score (nSPS) is 23.0. The van der Waals surface area contributed by atoms with E-state index in [1.807, 2.05) is 24.3 Å². The first-order chi connectivity index (χ1) is 15.6. The third kappa shape index (κ3) is 6.45. The van der Waals surface area contributed by atoms with Gasteiger partial charge in [0.25, 0.3) is 0 Å². The summed E-state index contributed by atoms with van der Waals surface area (Å²) in [7, 11) is 0. The van der Waals surface area contributed by atoms with Gasteiger partial charge in [0, 0.05) is 27.7 Å². The van der Waals surface area contributed by atoms with Gasteiger partial charge in [-0.2, -0.15) is 0 Å². The molecule has 178 valence electrons. The number of para-hydroxylation sites is 2. The van der Waals surface area contributed by atoms with Crippen molar-refractivity contribution in [2.45, 2.75) is 62.7 Å². The van der Waals surface area contributed by atoms with Crippen LogP contribution in [0.1, 0.15) is 27.7 Å². The first-order valence-electron chi connectivity index (χ1n) is 10.1. The van der Waals surface area contributed by atoms with Crippen molar-refractivity contribution in [3.63, 3.8) is 0 Å². The number of fused-ring (bicyclic) bond motifs is 1. The molecule has 0 spiro atoms. The molecule has 1 aliphatic rings. The predicted molar refractivity (Wildman–Crippen MR) is 114 cm³/mol. The molecular formula is C21H24N2O9S. The molecule has 11 nitrogen and oxygen atoms in total. The van der Waals surface area contributed by atoms with Crippen LogP contribution in [-0.4, -0.2) is 70.3 Å². The average molecular weight is 480 g/mol. The van der Waals surface area contributed by atoms with Crippen LogP contribution in [0.3, 0.4) is 0 Å². The van der Waals surface area contributed by atoms with Crippen LogP contribution in [0.15, 0.2) is 29.4 Å². The minimum Gasteiger partial charge on any atom is -0.462 e. The predicted octanol–water partition coefficient (Wildman–Crippen LogP) is 1.74. The Morgan fingerprint density at radius 1 is 1.00 bits per heavy atom. The van der Waals surface area contributed by atoms with Crippen LogP contribution in [-0.2, 0) is 42.9 Å². The highest BCUT2D eigenvalue weighted by Gasteiger charge is 2.54. The lowest BCUT2D eigenvalue weighted by Crippen LogP contribution is -2.46. The molecule has 1 aromatic heterocycles. The van der Waals surface area contributed by atoms with Gasteiger partial charge < -0.3 is 28.7 Å². The smallest absolute Gasteiger partial charge is 0.303 e. The quantitative estimate of drug-likeness (QED) is 0.436. The number of rotatable bonds is 8. The molecule has 3 rings (SSSR count). The van der Waals surface area contributed by atoms with E-state index >= 15 is 0 Å². The zero-order chi connectivity index (χ0) is 24.1. The molecule has 1 fully saturated rings. The number of benzene rings is 1. The van der Waals surface area contributed by atoms with E-state index in [1.165, 1.54) is 27.7 Å². The van der Waals surface area contributed by atoms with Crippen molar-refractivity contribution in [2.75, 3.05) is 6.61 Å². The van der Waals surface area contributed by atoms with Gasteiger partial charge in [0.2, 0.25) is 0 Å². The number of aromatic nitrogens is 2. The van der Waals surface area contributed by atoms with E-state index in [4.69, 9.17) is 23.7 Å². The number of thioether (sulfide) groups is 1. The second-order valence-corrected chi connectivity index (χ2v) is 8.33. The number of nitrogens with zero attached hydrogens (tertiary/aromatic N) is 1. The number of imidazole rings is 1. The minimum absolute atomic E-state index is 0.341. The highest BCUT2D eigenvalue weighted by atomic mass is 32.2. The van der Waals surface area contributed by atoms with Gasteiger partial charge in [0.15, 0.2) is 28.9 Å². The van der Waals surface area contributed by atoms with Gasteiger partial charge >= 0.3 is 23.9 Å². The fourth-order valence-corrected chi connectivity index (χ4v) is 4.46. The molecule has 0 unspecified atom stereocenters. The molecule has 0 saturated carbocycles. The maximum absolute atomic E-state index is 11.8. The van der Waals surface area contributed by atoms with Crippen LogP contribution in [0.2, 0.25) is 0 Å². The summed E-state index contributed by atoms with van der Waals surface area (Å²) in [5, 5.41) is 0.476. The summed E-state index contributed by atoms with van der Waals surface area (Å²) in [6.07, 6.45) is -4.38. The van der Waals surface area contributed by atoms with Crippen LogP contribution >= 0.6 is 11.8 Å². The molecule has 1 aliphatic heterocycles. The molecule has 12 heteroatoms. The SMILES string of the molecule is CC(=O)OC[C@@H](OC(C)=O)[C@H]1O[C@H](Sc2nc3ccccc3[nH]2)[C@@H](OC(C)=O)[C@H]1OC(C)=O. The van der Waals surface area contributed by atoms with Crippen LogP contribution in [0.5, 0.6) is 0 Å². The standard InChI is InChI=1S/C21H24N2O9S/c1-10(24)28-9-16(29-11(2)25)17-18(30-12(3)26)19(31-13(4)27)20(32-17)33-21-22-14-7-5-6-8-15(14)23-21/h5-8,16-20H,9H2,1-4H3,(H,22,23)/t16-,17-,18+,19+,20-/m1/s1. The summed E-state index contributed by atoms with van der Waals surface area (Å²) < 4.78 is 27.2. The lowest BCUT2D eigenvalue weighted by molar-refractivity contribution is -0.176. The number of H-pyrrole nitrogens is 1. The van der Waals surface area contributed by atoms with Crippen LogP contribution < -0.4 is 0 Å². The van der Waals surface area contributed by atoms with Crippen LogP contribution in [0, 0.1) is 0 Å². The van der Waals surface area contributed by atoms with Crippen molar-refractivity contribution in [1.29, 1.82) is 0 Å². The van der Waals surface area contributed by atoms with Gasteiger partial charge in [-0.15, -0.1) is 0 Å². The first kappa shape index (κ1) is 24.5. The van der Waals surface area contributed by atoms with Crippen molar-refractivity contribution in [3.05, 3.63) is 24.3 Å². The average Bonchev–Trinajstić information content (AvgIpc) is 3.26. The summed E-state index contributed by atoms with van der Waals surface area (Å²) in [5.74, 6) is -2.54. The van der Waals surface area contributed by atoms with Gasteiger partial charge in [-0.3, -0.25) is 19.2 Å². The molecule has 2 heterocycles. The first-order valence-corrected chi connectivity index (χ1v) is 10.9. The monoisotopic (exact) mass is 480 g/mol. The number of ether oxygens (including phenoxy) is 5. The zero-order valence-corrected chi connectivity index (χ0v) is 19.2. The van der Waals surface area contributed by atoms with E-state index in [1.54, 1.807) is 0 Å². The number of carbonyl (C=O) groups is 4. The van der Waals surface area contributed by atoms with Gasteiger partial charge in [0.05, 0.1) is 11.0 Å². The Hall–Kier alpha value is -3.12. The Labute approximate surface area is 193 Å². The summed E-state index contributed by atoms with van der Waals surface area (Å²) in [6, 6.07) is 7.38. The van der Waals surface area contributed by atoms with E-state index in [-0.39, 0.29) is 6.61 Å². The Bertz CT molecular complexity index is 1010. The summed E-state index contributed by atoms with van der Waals surface area (Å²) >= 11 is 1.12. The number of hydrogen-bond donors (Lipinski definition) is 1. The molecular weight excluding hydrogens is 456 g/mol. The largest absolute Gasteiger partial charge is 0.462 e. The molecule has 1 N–H and O–H groups in total. The second-order valence-electron chi connectivity index (χ2n) is 7.24. The Kier molecular flexibility index (Phi) is 7.92. The fourth-order valence-electron chi connectivity index (χ4n) is 3.39. The van der Waals surface area contributed by atoms with Crippen molar-refractivity contribution in [1.82, 2.24) is 9.97 Å². The van der Waals surface area contributed by atoms with Crippen LogP contribution in [0.25, 0.3) is 11.0 Å². The molecule has 5 atom stereocenters. The van der Waals surface area contributed by atoms with Gasteiger partial charge in [-0.25, -0.2) is 4.98 Å². The number of aromatic amines is 1. The van der Waals surface area contributed by atoms with Crippen molar-refractivity contribution in [3.8, 4) is 0 Å². The lowest BCUT2D eigenvalue weighted by Gasteiger charge is -2.27. The number of carbonyl (C=O) groups excluding carboxylic acids is 4. The maximum Gasteiger partial charge on any atom is 0.303 e. The molecule has 1 saturated heterocycles. The summed E-state index contributed by atoms with van der Waals surface area (Å²) in [5.41, 5.74) is 0.643. The Morgan fingerprint density at radius 3 is 2.27 bits per heavy atom. The zero-order valence-electron chi connectivity index (χ0n) is 18.4. The minimum atomic E-state index is -1.13. The molecule has 33 heavy (non-hydrogen) atoms. The van der Waals surface area contributed by atoms with Crippen molar-refractivity contribution < 1.29 is 42.9 Å². The highest BCUT2D eigenvalue weighted by molar-refractivity contribution is 7.99. The maximum atomic E-state index is 11.8. The number of esters is 4. The van der Waals surface area contributed by atoms with Gasteiger partial charge in [0.1, 0.15) is 12.7 Å². The number of nitrogens with one attached hydrogen (secondary N) is 1. The Morgan fingerprint density at radius 2 is 1.67 bits per heavy atom. The van der Waals surface area contributed by atoms with E-state index in [2.05, 4.69) is 9.97 Å². The lowest BCUT2D eigenvalue weighted by atomic mass is 10.1. The Balaban J connectivity index is 1.92. The topological polar surface area (TPSA) is 143 Å². The third-order valence-electron chi connectivity index (χ3n) is 4.54. The van der Waals surface area contributed by atoms with Crippen molar-refractivity contribution >= 4 is 46.7 Å². The molecule has 2 aromatic rings. The van der Waals surface area contributed by atoms with Crippen molar-refractivity contribution in [2.24, 2.45) is 0 Å². The van der Waals surface area contributed by atoms with E-state index in [0.717, 1.165) is 22.8 Å². The molecule has 0 aliphatic carbocycles. The molecule has 0 amide bonds. The van der Waals surface area contributed by atoms with E-state index < -0.39 is 53.7 Å². The molecule has 0 radical (unpaired) electrons. The molecule has 1 aromatic carbocycles. The summed E-state index contributed by atoms with van der Waals surface area (Å²) in [6.45, 7) is 4.44. The van der Waals surface area contributed by atoms with E-state index in [9.17, 15) is 19.2 Å². The fraction of sp³-hybridized carbons (Fsp3) is 0.476. The highest BCUT2D eigenvalue weighted by Crippen LogP contribution is 2.38. The summed E-state index contributed by atoms with van der Waals surface area (Å²) in [4.78, 5) is 54.3. The van der Waals surface area contributed by atoms with Gasteiger partial charge in [-0.05, 0) is 12.1 Å². The number of hydrogen-bond acceptors (Lipinski definition) is 11. The van der Waals surface area contributed by atoms with E-state index in [0.29, 0.717) is 5.16 Å². The van der Waals surface area contributed by atoms with Crippen LogP contribution in [0.4, 0.5) is 0 Å². The third-order valence-corrected chi connectivity index (χ3v) is 5.57. The second kappa shape index (κ2) is 10.7.